The molecule has 0 spiro atoms. The molecular weight excluding hydrogens is 157 g/mol. The van der Waals surface area contributed by atoms with Crippen molar-refractivity contribution in [3.63, 3.8) is 0 Å². The number of H-pyrrole nitrogens is 1. The van der Waals surface area contributed by atoms with E-state index < -0.39 is 0 Å². The Morgan fingerprint density at radius 2 is 2.08 bits per heavy atom. The first-order valence-corrected chi connectivity index (χ1v) is 3.60. The number of aromatic nitrogens is 1. The Kier molecular flexibility index (Phi) is 3.15. The van der Waals surface area contributed by atoms with E-state index in [2.05, 4.69) is 23.7 Å². The first kappa shape index (κ1) is 9.59. The number of para-hydroxylation sites is 1. The van der Waals surface area contributed by atoms with Crippen molar-refractivity contribution in [2.75, 3.05) is 0 Å². The third-order valence-corrected chi connectivity index (χ3v) is 1.84. The van der Waals surface area contributed by atoms with Gasteiger partial charge in [-0.25, -0.2) is 0 Å². The maximum atomic E-state index is 3.74. The summed E-state index contributed by atoms with van der Waals surface area (Å²) in [5, 5.41) is 1.24. The van der Waals surface area contributed by atoms with Crippen molar-refractivity contribution in [2.24, 2.45) is 0 Å². The molecule has 0 aliphatic rings. The van der Waals surface area contributed by atoms with E-state index >= 15 is 0 Å². The van der Waals surface area contributed by atoms with Crippen molar-refractivity contribution in [1.82, 2.24) is 4.98 Å². The zero-order valence-electron chi connectivity index (χ0n) is 6.17. The minimum absolute atomic E-state index is 0. The second kappa shape index (κ2) is 3.94. The van der Waals surface area contributed by atoms with Crippen LogP contribution in [0.5, 0.6) is 0 Å². The number of hydrogen-bond acceptors (Lipinski definition) is 0. The van der Waals surface area contributed by atoms with Gasteiger partial charge < -0.3 is 4.98 Å². The van der Waals surface area contributed by atoms with Crippen molar-refractivity contribution >= 4 is 46.5 Å². The molecule has 0 bridgehead atoms. The molecule has 0 atom stereocenters. The molecule has 56 valence electrons. The normalized spacial score (nSPS) is 9.33. The third-order valence-electron chi connectivity index (χ3n) is 1.84. The van der Waals surface area contributed by atoms with Gasteiger partial charge in [-0.15, -0.1) is 0 Å². The number of hydrogen-bond donors (Lipinski definition) is 1. The number of nitrogens with one attached hydrogen (secondary N) is 1. The Morgan fingerprint density at radius 1 is 1.25 bits per heavy atom. The summed E-state index contributed by atoms with van der Waals surface area (Å²) in [4.78, 5) is 3.17. The summed E-state index contributed by atoms with van der Waals surface area (Å²) in [6, 6.07) is 8.22. The Morgan fingerprint density at radius 3 is 2.83 bits per heavy atom. The minimum atomic E-state index is 0. The first-order valence-electron chi connectivity index (χ1n) is 3.60. The molecule has 0 unspecified atom stereocenters. The summed E-state index contributed by atoms with van der Waals surface area (Å²) in [6.07, 6.45) is 3.80. The average Bonchev–Trinajstić information content (AvgIpc) is 2.50. The predicted molar refractivity (Wildman–Crippen MR) is 55.5 cm³/mol. The molecule has 2 aromatic rings. The van der Waals surface area contributed by atoms with Gasteiger partial charge in [0.1, 0.15) is 0 Å². The molecule has 12 heavy (non-hydrogen) atoms. The fourth-order valence-corrected chi connectivity index (χ4v) is 1.28. The topological polar surface area (TPSA) is 15.8 Å². The summed E-state index contributed by atoms with van der Waals surface area (Å²) in [7, 11) is 0. The van der Waals surface area contributed by atoms with Gasteiger partial charge in [0.25, 0.3) is 0 Å². The molecule has 0 saturated heterocycles. The summed E-state index contributed by atoms with van der Waals surface area (Å²) in [5.41, 5.74) is 2.33. The molecule has 0 aliphatic carbocycles. The second-order valence-corrected chi connectivity index (χ2v) is 2.49. The molecule has 0 saturated carbocycles. The van der Waals surface area contributed by atoms with E-state index in [1.807, 2.05) is 24.4 Å². The van der Waals surface area contributed by atoms with Gasteiger partial charge in [-0.2, -0.15) is 0 Å². The molecule has 1 heterocycles. The Hall–Kier alpha value is -0.500. The fourth-order valence-electron chi connectivity index (χ4n) is 1.28. The number of aromatic amines is 1. The molecule has 0 aliphatic heterocycles. The van der Waals surface area contributed by atoms with Crippen LogP contribution in [0.15, 0.2) is 37.0 Å². The van der Waals surface area contributed by atoms with Gasteiger partial charge in [-0.05, 0) is 17.0 Å². The first-order chi connectivity index (χ1) is 5.42. The van der Waals surface area contributed by atoms with E-state index in [0.717, 1.165) is 5.56 Å². The van der Waals surface area contributed by atoms with Crippen LogP contribution in [-0.2, 0) is 0 Å². The van der Waals surface area contributed by atoms with Crippen LogP contribution in [-0.4, -0.2) is 34.5 Å². The van der Waals surface area contributed by atoms with Crippen LogP contribution >= 0.6 is 0 Å². The summed E-state index contributed by atoms with van der Waals surface area (Å²) in [5.74, 6) is 0. The van der Waals surface area contributed by atoms with E-state index in [-0.39, 0.29) is 29.6 Å². The zero-order chi connectivity index (χ0) is 7.68. The molecule has 0 radical (unpaired) electrons. The van der Waals surface area contributed by atoms with Crippen molar-refractivity contribution < 1.29 is 0 Å². The molecule has 1 aromatic heterocycles. The van der Waals surface area contributed by atoms with Crippen LogP contribution in [0.2, 0.25) is 0 Å². The molecular formula is C10H10NNa. The van der Waals surface area contributed by atoms with E-state index in [1.54, 1.807) is 0 Å². The fraction of sp³-hybridized carbons (Fsp3) is 0. The monoisotopic (exact) mass is 167 g/mol. The van der Waals surface area contributed by atoms with Crippen molar-refractivity contribution in [2.45, 2.75) is 0 Å². The average molecular weight is 167 g/mol. The SMILES string of the molecule is C=Cc1cccc2cc[nH]c12.[NaH]. The van der Waals surface area contributed by atoms with Gasteiger partial charge in [0.05, 0.1) is 5.52 Å². The summed E-state index contributed by atoms with van der Waals surface area (Å²) in [6.45, 7) is 3.74. The number of fused-ring (bicyclic) bond motifs is 1. The van der Waals surface area contributed by atoms with Gasteiger partial charge in [0.15, 0.2) is 0 Å². The number of benzene rings is 1. The van der Waals surface area contributed by atoms with Crippen LogP contribution in [0.25, 0.3) is 17.0 Å². The van der Waals surface area contributed by atoms with Gasteiger partial charge >= 0.3 is 29.6 Å². The Balaban J connectivity index is 0.000000720. The van der Waals surface area contributed by atoms with E-state index in [9.17, 15) is 0 Å². The molecule has 1 nitrogen and oxygen atoms in total. The van der Waals surface area contributed by atoms with Gasteiger partial charge in [-0.1, -0.05) is 30.9 Å². The maximum absolute atomic E-state index is 3.74. The van der Waals surface area contributed by atoms with Crippen LogP contribution in [0.4, 0.5) is 0 Å². The molecule has 0 fully saturated rings. The summed E-state index contributed by atoms with van der Waals surface area (Å²) >= 11 is 0. The van der Waals surface area contributed by atoms with Crippen molar-refractivity contribution in [1.29, 1.82) is 0 Å². The third kappa shape index (κ3) is 1.48. The van der Waals surface area contributed by atoms with Gasteiger partial charge in [0.2, 0.25) is 0 Å². The zero-order valence-corrected chi connectivity index (χ0v) is 6.17. The van der Waals surface area contributed by atoms with Gasteiger partial charge in [0, 0.05) is 6.20 Å². The van der Waals surface area contributed by atoms with Crippen molar-refractivity contribution in [3.8, 4) is 0 Å². The van der Waals surface area contributed by atoms with Crippen LogP contribution in [0.3, 0.4) is 0 Å². The number of rotatable bonds is 1. The molecule has 2 rings (SSSR count). The van der Waals surface area contributed by atoms with Crippen LogP contribution in [0, 0.1) is 0 Å². The summed E-state index contributed by atoms with van der Waals surface area (Å²) < 4.78 is 0. The van der Waals surface area contributed by atoms with Gasteiger partial charge in [-0.3, -0.25) is 0 Å². The van der Waals surface area contributed by atoms with E-state index in [4.69, 9.17) is 0 Å². The standard InChI is InChI=1S/C10H9N.Na.H/c1-2-8-4-3-5-9-6-7-11-10(8)9;;/h2-7,11H,1H2;;. The Bertz CT molecular complexity index is 389. The molecule has 2 heteroatoms. The second-order valence-electron chi connectivity index (χ2n) is 2.49. The molecule has 0 amide bonds. The van der Waals surface area contributed by atoms with E-state index in [1.165, 1.54) is 10.9 Å². The van der Waals surface area contributed by atoms with Crippen molar-refractivity contribution in [3.05, 3.63) is 42.6 Å². The Labute approximate surface area is 93.8 Å². The molecule has 1 N–H and O–H groups in total. The van der Waals surface area contributed by atoms with E-state index in [0.29, 0.717) is 0 Å². The van der Waals surface area contributed by atoms with Crippen LogP contribution in [0.1, 0.15) is 5.56 Å². The quantitative estimate of drug-likeness (QED) is 0.626. The van der Waals surface area contributed by atoms with Crippen LogP contribution < -0.4 is 0 Å². The predicted octanol–water partition coefficient (Wildman–Crippen LogP) is 2.16. The molecule has 1 aromatic carbocycles.